The van der Waals surface area contributed by atoms with E-state index in [4.69, 9.17) is 0 Å². The molecule has 0 radical (unpaired) electrons. The molecule has 0 saturated heterocycles. The molecule has 1 aliphatic carbocycles. The number of nitriles is 1. The maximum absolute atomic E-state index is 9.66. The molecule has 1 aromatic rings. The summed E-state index contributed by atoms with van der Waals surface area (Å²) in [6.07, 6.45) is 3.24. The molecular weight excluding hydrogens is 232 g/mol. The van der Waals surface area contributed by atoms with Crippen LogP contribution in [0.2, 0.25) is 0 Å². The molecule has 1 aromatic carbocycles. The zero-order chi connectivity index (χ0) is 14.2. The summed E-state index contributed by atoms with van der Waals surface area (Å²) in [5.41, 5.74) is 5.10. The molecule has 102 valence electrons. The molecule has 0 spiro atoms. The Bertz CT molecular complexity index is 519. The normalized spacial score (nSPS) is 18.8. The van der Waals surface area contributed by atoms with Crippen LogP contribution in [0.4, 0.5) is 0 Å². The number of nitrogens with zero attached hydrogens (tertiary/aromatic N) is 2. The zero-order valence-corrected chi connectivity index (χ0v) is 12.7. The summed E-state index contributed by atoms with van der Waals surface area (Å²) in [6.45, 7) is 6.48. The number of aryl methyl sites for hydroxylation is 3. The van der Waals surface area contributed by atoms with Gasteiger partial charge in [-0.25, -0.2) is 0 Å². The lowest BCUT2D eigenvalue weighted by Gasteiger charge is -2.46. The van der Waals surface area contributed by atoms with E-state index in [0.29, 0.717) is 0 Å². The highest BCUT2D eigenvalue weighted by Crippen LogP contribution is 2.52. The van der Waals surface area contributed by atoms with Crippen molar-refractivity contribution in [2.45, 2.75) is 46.1 Å². The van der Waals surface area contributed by atoms with E-state index in [0.717, 1.165) is 12.8 Å². The summed E-state index contributed by atoms with van der Waals surface area (Å²) in [5, 5.41) is 9.66. The van der Waals surface area contributed by atoms with Crippen molar-refractivity contribution in [3.8, 4) is 6.07 Å². The molecule has 1 fully saturated rings. The van der Waals surface area contributed by atoms with Crippen LogP contribution in [-0.4, -0.2) is 19.0 Å². The highest BCUT2D eigenvalue weighted by atomic mass is 15.1. The molecule has 0 heterocycles. The molecule has 2 nitrogen and oxygen atoms in total. The second kappa shape index (κ2) is 4.98. The van der Waals surface area contributed by atoms with Gasteiger partial charge < -0.3 is 4.90 Å². The van der Waals surface area contributed by atoms with Crippen LogP contribution >= 0.6 is 0 Å². The van der Waals surface area contributed by atoms with Crippen molar-refractivity contribution in [3.63, 3.8) is 0 Å². The first-order valence-corrected chi connectivity index (χ1v) is 7.07. The van der Waals surface area contributed by atoms with Gasteiger partial charge >= 0.3 is 0 Å². The van der Waals surface area contributed by atoms with E-state index in [9.17, 15) is 5.26 Å². The van der Waals surface area contributed by atoms with Gasteiger partial charge in [0.05, 0.1) is 17.5 Å². The van der Waals surface area contributed by atoms with Gasteiger partial charge in [-0.15, -0.1) is 0 Å². The summed E-state index contributed by atoms with van der Waals surface area (Å²) in [7, 11) is 4.19. The second-order valence-electron chi connectivity index (χ2n) is 6.28. The highest BCUT2D eigenvalue weighted by molar-refractivity contribution is 5.40. The van der Waals surface area contributed by atoms with Crippen molar-refractivity contribution in [2.75, 3.05) is 14.1 Å². The fourth-order valence-corrected chi connectivity index (χ4v) is 3.35. The maximum Gasteiger partial charge on any atom is 0.0770 e. The molecule has 0 aliphatic heterocycles. The third-order valence-electron chi connectivity index (χ3n) is 4.69. The van der Waals surface area contributed by atoms with E-state index in [1.807, 2.05) is 0 Å². The third-order valence-corrected chi connectivity index (χ3v) is 4.69. The van der Waals surface area contributed by atoms with Gasteiger partial charge in [0.15, 0.2) is 0 Å². The number of benzene rings is 1. The van der Waals surface area contributed by atoms with Crippen LogP contribution in [0.5, 0.6) is 0 Å². The van der Waals surface area contributed by atoms with Gasteiger partial charge in [0.2, 0.25) is 0 Å². The summed E-state index contributed by atoms with van der Waals surface area (Å²) in [6, 6.07) is 7.37. The van der Waals surface area contributed by atoms with Crippen LogP contribution in [0, 0.1) is 37.5 Å². The molecule has 0 aromatic heterocycles. The Morgan fingerprint density at radius 2 is 1.68 bits per heavy atom. The predicted molar refractivity (Wildman–Crippen MR) is 79.0 cm³/mol. The van der Waals surface area contributed by atoms with Gasteiger partial charge in [-0.2, -0.15) is 5.26 Å². The van der Waals surface area contributed by atoms with Crippen LogP contribution in [0.1, 0.15) is 47.6 Å². The minimum Gasteiger partial charge on any atom is -0.301 e. The van der Waals surface area contributed by atoms with Crippen molar-refractivity contribution >= 4 is 0 Å². The smallest absolute Gasteiger partial charge is 0.0770 e. The lowest BCUT2D eigenvalue weighted by molar-refractivity contribution is 0.0744. The van der Waals surface area contributed by atoms with Crippen LogP contribution in [0.25, 0.3) is 0 Å². The molecule has 1 unspecified atom stereocenters. The molecule has 2 rings (SSSR count). The highest BCUT2D eigenvalue weighted by Gasteiger charge is 2.46. The van der Waals surface area contributed by atoms with Gasteiger partial charge in [0.25, 0.3) is 0 Å². The largest absolute Gasteiger partial charge is 0.301 e. The summed E-state index contributed by atoms with van der Waals surface area (Å²) >= 11 is 0. The van der Waals surface area contributed by atoms with E-state index < -0.39 is 0 Å². The standard InChI is InChI=1S/C17H24N2/c1-12-9-14(3)15(10-13(12)2)16(19(4)5)17(11-18)7-6-8-17/h9-10,16H,6-8H2,1-5H3. The van der Waals surface area contributed by atoms with E-state index >= 15 is 0 Å². The Balaban J connectivity index is 2.52. The maximum atomic E-state index is 9.66. The van der Waals surface area contributed by atoms with Gasteiger partial charge in [-0.05, 0) is 70.0 Å². The van der Waals surface area contributed by atoms with Crippen LogP contribution in [0.15, 0.2) is 12.1 Å². The first-order valence-electron chi connectivity index (χ1n) is 7.07. The minimum atomic E-state index is -0.185. The van der Waals surface area contributed by atoms with Crippen LogP contribution in [-0.2, 0) is 0 Å². The average molecular weight is 256 g/mol. The SMILES string of the molecule is Cc1cc(C)c(C(N(C)C)C2(C#N)CCC2)cc1C. The quantitative estimate of drug-likeness (QED) is 0.820. The molecule has 1 atom stereocenters. The van der Waals surface area contributed by atoms with Gasteiger partial charge in [-0.1, -0.05) is 18.6 Å². The first kappa shape index (κ1) is 14.1. The van der Waals surface area contributed by atoms with Crippen molar-refractivity contribution in [2.24, 2.45) is 5.41 Å². The van der Waals surface area contributed by atoms with Gasteiger partial charge in [0, 0.05) is 0 Å². The number of hydrogen-bond acceptors (Lipinski definition) is 2. The summed E-state index contributed by atoms with van der Waals surface area (Å²) < 4.78 is 0. The van der Waals surface area contributed by atoms with Crippen molar-refractivity contribution < 1.29 is 0 Å². The summed E-state index contributed by atoms with van der Waals surface area (Å²) in [4.78, 5) is 2.22. The number of rotatable bonds is 3. The fourth-order valence-electron chi connectivity index (χ4n) is 3.35. The average Bonchev–Trinajstić information content (AvgIpc) is 2.28. The Kier molecular flexibility index (Phi) is 3.69. The molecule has 0 bridgehead atoms. The lowest BCUT2D eigenvalue weighted by Crippen LogP contribution is -2.42. The third kappa shape index (κ3) is 2.28. The van der Waals surface area contributed by atoms with Crippen molar-refractivity contribution in [1.29, 1.82) is 5.26 Å². The van der Waals surface area contributed by atoms with Crippen molar-refractivity contribution in [3.05, 3.63) is 34.4 Å². The lowest BCUT2D eigenvalue weighted by atomic mass is 9.62. The van der Waals surface area contributed by atoms with Crippen LogP contribution in [0.3, 0.4) is 0 Å². The Hall–Kier alpha value is -1.33. The Morgan fingerprint density at radius 3 is 2.11 bits per heavy atom. The molecule has 1 aliphatic rings. The van der Waals surface area contributed by atoms with E-state index in [2.05, 4.69) is 58.0 Å². The van der Waals surface area contributed by atoms with Gasteiger partial charge in [0.1, 0.15) is 0 Å². The number of hydrogen-bond donors (Lipinski definition) is 0. The molecule has 1 saturated carbocycles. The van der Waals surface area contributed by atoms with E-state index in [1.54, 1.807) is 0 Å². The zero-order valence-electron chi connectivity index (χ0n) is 12.7. The predicted octanol–water partition coefficient (Wildman–Crippen LogP) is 3.91. The molecule has 0 amide bonds. The molecule has 19 heavy (non-hydrogen) atoms. The van der Waals surface area contributed by atoms with Crippen LogP contribution < -0.4 is 0 Å². The van der Waals surface area contributed by atoms with E-state index in [1.165, 1.54) is 28.7 Å². The van der Waals surface area contributed by atoms with Gasteiger partial charge in [-0.3, -0.25) is 0 Å². The Labute approximate surface area is 117 Å². The molecular formula is C17H24N2. The van der Waals surface area contributed by atoms with Crippen molar-refractivity contribution in [1.82, 2.24) is 4.90 Å². The first-order chi connectivity index (χ1) is 8.91. The summed E-state index contributed by atoms with van der Waals surface area (Å²) in [5.74, 6) is 0. The van der Waals surface area contributed by atoms with E-state index in [-0.39, 0.29) is 11.5 Å². The Morgan fingerprint density at radius 1 is 1.11 bits per heavy atom. The minimum absolute atomic E-state index is 0.185. The molecule has 0 N–H and O–H groups in total. The molecule has 2 heteroatoms. The topological polar surface area (TPSA) is 27.0 Å². The second-order valence-corrected chi connectivity index (χ2v) is 6.28. The monoisotopic (exact) mass is 256 g/mol. The fraction of sp³-hybridized carbons (Fsp3) is 0.588.